The predicted octanol–water partition coefficient (Wildman–Crippen LogP) is 2.47. The Labute approximate surface area is 83.7 Å². The number of nitrogens with zero attached hydrogens (tertiary/aromatic N) is 2. The third-order valence-electron chi connectivity index (χ3n) is 1.13. The summed E-state index contributed by atoms with van der Waals surface area (Å²) in [6, 6.07) is 0. The fourth-order valence-electron chi connectivity index (χ4n) is 0.668. The van der Waals surface area contributed by atoms with E-state index in [-0.39, 0.29) is 15.9 Å². The summed E-state index contributed by atoms with van der Waals surface area (Å²) in [5.74, 6) is 0.395. The van der Waals surface area contributed by atoms with Gasteiger partial charge in [-0.1, -0.05) is 23.2 Å². The Morgan fingerprint density at radius 1 is 1.25 bits per heavy atom. The van der Waals surface area contributed by atoms with Gasteiger partial charge in [-0.05, 0) is 18.5 Å². The summed E-state index contributed by atoms with van der Waals surface area (Å²) in [5, 5.41) is -0.801. The van der Waals surface area contributed by atoms with Gasteiger partial charge in [0, 0.05) is 0 Å². The van der Waals surface area contributed by atoms with Crippen molar-refractivity contribution in [3.8, 4) is 0 Å². The van der Waals surface area contributed by atoms with Crippen molar-refractivity contribution in [2.75, 3.05) is 0 Å². The summed E-state index contributed by atoms with van der Waals surface area (Å²) in [6.07, 6.45) is 0. The molecule has 0 radical (unpaired) electrons. The van der Waals surface area contributed by atoms with Crippen LogP contribution in [0.15, 0.2) is 0 Å². The summed E-state index contributed by atoms with van der Waals surface area (Å²) in [6.45, 7) is 1.61. The second-order valence-corrected chi connectivity index (χ2v) is 3.06. The van der Waals surface area contributed by atoms with E-state index in [1.54, 1.807) is 6.92 Å². The van der Waals surface area contributed by atoms with Gasteiger partial charge in [0.2, 0.25) is 0 Å². The second kappa shape index (κ2) is 3.56. The summed E-state index contributed by atoms with van der Waals surface area (Å²) in [4.78, 5) is 18.2. The minimum atomic E-state index is -0.759. The number of halogens is 3. The third-order valence-corrected chi connectivity index (χ3v) is 1.87. The molecular weight excluding hydrogens is 222 g/mol. The van der Waals surface area contributed by atoms with Crippen LogP contribution in [0.2, 0.25) is 10.3 Å². The zero-order chi connectivity index (χ0) is 9.30. The van der Waals surface area contributed by atoms with Crippen molar-refractivity contribution in [2.24, 2.45) is 0 Å². The van der Waals surface area contributed by atoms with Gasteiger partial charge in [-0.3, -0.25) is 4.79 Å². The number of aromatic nitrogens is 2. The lowest BCUT2D eigenvalue weighted by molar-refractivity contribution is 0.108. The van der Waals surface area contributed by atoms with Crippen molar-refractivity contribution in [1.82, 2.24) is 9.97 Å². The molecule has 1 rings (SSSR count). The van der Waals surface area contributed by atoms with Crippen LogP contribution in [0.4, 0.5) is 0 Å². The highest BCUT2D eigenvalue weighted by Gasteiger charge is 2.15. The van der Waals surface area contributed by atoms with Gasteiger partial charge in [-0.2, -0.15) is 0 Å². The van der Waals surface area contributed by atoms with Crippen LogP contribution >= 0.6 is 34.8 Å². The van der Waals surface area contributed by atoms with Crippen molar-refractivity contribution in [3.63, 3.8) is 0 Å². The van der Waals surface area contributed by atoms with E-state index in [4.69, 9.17) is 34.8 Å². The molecule has 12 heavy (non-hydrogen) atoms. The lowest BCUT2D eigenvalue weighted by atomic mass is 10.4. The van der Waals surface area contributed by atoms with Crippen molar-refractivity contribution in [1.29, 1.82) is 0 Å². The van der Waals surface area contributed by atoms with Crippen molar-refractivity contribution in [2.45, 2.75) is 6.92 Å². The van der Waals surface area contributed by atoms with Crippen molar-refractivity contribution < 1.29 is 4.79 Å². The number of carbonyl (C=O) groups is 1. The van der Waals surface area contributed by atoms with E-state index in [0.717, 1.165) is 0 Å². The lowest BCUT2D eigenvalue weighted by Crippen LogP contribution is -1.99. The number of carbonyl (C=O) groups excluding carboxylic acids is 1. The zero-order valence-electron chi connectivity index (χ0n) is 5.94. The molecule has 0 bridgehead atoms. The molecule has 0 atom stereocenters. The van der Waals surface area contributed by atoms with E-state index in [0.29, 0.717) is 5.82 Å². The van der Waals surface area contributed by atoms with Crippen LogP contribution in [0.25, 0.3) is 0 Å². The molecule has 0 saturated carbocycles. The molecule has 0 spiro atoms. The molecule has 1 heterocycles. The minimum Gasteiger partial charge on any atom is -0.275 e. The molecule has 1 aromatic rings. The van der Waals surface area contributed by atoms with Crippen molar-refractivity contribution in [3.05, 3.63) is 21.7 Å². The normalized spacial score (nSPS) is 10.0. The maximum atomic E-state index is 10.7. The first kappa shape index (κ1) is 9.71. The molecule has 0 aromatic carbocycles. The van der Waals surface area contributed by atoms with Crippen LogP contribution < -0.4 is 0 Å². The van der Waals surface area contributed by atoms with Gasteiger partial charge >= 0.3 is 0 Å². The molecule has 6 heteroatoms. The standard InChI is InChI=1S/C6H3Cl3N2O/c1-2-10-4(7)3(6(9)12)5(8)11-2/h1H3. The van der Waals surface area contributed by atoms with Gasteiger partial charge < -0.3 is 0 Å². The van der Waals surface area contributed by atoms with Gasteiger partial charge in [0.25, 0.3) is 5.24 Å². The highest BCUT2D eigenvalue weighted by Crippen LogP contribution is 2.22. The first-order valence-electron chi connectivity index (χ1n) is 2.92. The monoisotopic (exact) mass is 224 g/mol. The molecule has 64 valence electrons. The lowest BCUT2D eigenvalue weighted by Gasteiger charge is -2.00. The first-order valence-corrected chi connectivity index (χ1v) is 4.05. The van der Waals surface area contributed by atoms with E-state index in [9.17, 15) is 4.79 Å². The number of aryl methyl sites for hydroxylation is 1. The average molecular weight is 225 g/mol. The largest absolute Gasteiger partial charge is 0.275 e. The number of hydrogen-bond donors (Lipinski definition) is 0. The number of rotatable bonds is 1. The van der Waals surface area contributed by atoms with E-state index >= 15 is 0 Å². The Bertz CT molecular complexity index is 317. The van der Waals surface area contributed by atoms with Gasteiger partial charge in [-0.25, -0.2) is 9.97 Å². The summed E-state index contributed by atoms with van der Waals surface area (Å²) in [5.41, 5.74) is -0.0504. The molecule has 0 aliphatic heterocycles. The predicted molar refractivity (Wildman–Crippen MR) is 47.0 cm³/mol. The third kappa shape index (κ3) is 1.86. The van der Waals surface area contributed by atoms with Crippen LogP contribution in [-0.4, -0.2) is 15.2 Å². The fraction of sp³-hybridized carbons (Fsp3) is 0.167. The van der Waals surface area contributed by atoms with Crippen molar-refractivity contribution >= 4 is 40.0 Å². The quantitative estimate of drug-likeness (QED) is 0.545. The molecule has 0 N–H and O–H groups in total. The maximum absolute atomic E-state index is 10.7. The van der Waals surface area contributed by atoms with Crippen LogP contribution in [0, 0.1) is 6.92 Å². The Morgan fingerprint density at radius 2 is 1.67 bits per heavy atom. The van der Waals surface area contributed by atoms with Gasteiger partial charge in [0.1, 0.15) is 21.7 Å². The molecule has 0 amide bonds. The smallest absolute Gasteiger partial charge is 0.258 e. The van der Waals surface area contributed by atoms with E-state index in [2.05, 4.69) is 9.97 Å². The summed E-state index contributed by atoms with van der Waals surface area (Å²) >= 11 is 16.4. The van der Waals surface area contributed by atoms with Crippen LogP contribution in [0.1, 0.15) is 16.2 Å². The van der Waals surface area contributed by atoms with Gasteiger partial charge in [0.05, 0.1) is 0 Å². The molecule has 0 fully saturated rings. The van der Waals surface area contributed by atoms with E-state index < -0.39 is 5.24 Å². The Hall–Kier alpha value is -0.380. The first-order chi connectivity index (χ1) is 5.52. The summed E-state index contributed by atoms with van der Waals surface area (Å²) < 4.78 is 0. The molecule has 1 aromatic heterocycles. The highest BCUT2D eigenvalue weighted by molar-refractivity contribution is 6.69. The van der Waals surface area contributed by atoms with Crippen LogP contribution in [-0.2, 0) is 0 Å². The molecule has 0 saturated heterocycles. The second-order valence-electron chi connectivity index (χ2n) is 2.00. The minimum absolute atomic E-state index is 0.0208. The Morgan fingerprint density at radius 3 is 2.00 bits per heavy atom. The summed E-state index contributed by atoms with van der Waals surface area (Å²) in [7, 11) is 0. The SMILES string of the molecule is Cc1nc(Cl)c(C(=O)Cl)c(Cl)n1. The number of hydrogen-bond acceptors (Lipinski definition) is 3. The Kier molecular flexibility index (Phi) is 2.88. The average Bonchev–Trinajstić information content (AvgIpc) is 1.82. The topological polar surface area (TPSA) is 42.9 Å². The Balaban J connectivity index is 3.38. The van der Waals surface area contributed by atoms with Gasteiger partial charge in [0.15, 0.2) is 0 Å². The molecule has 3 nitrogen and oxygen atoms in total. The fourth-order valence-corrected chi connectivity index (χ4v) is 1.59. The highest BCUT2D eigenvalue weighted by atomic mass is 35.5. The van der Waals surface area contributed by atoms with Crippen LogP contribution in [0.5, 0.6) is 0 Å². The van der Waals surface area contributed by atoms with E-state index in [1.807, 2.05) is 0 Å². The maximum Gasteiger partial charge on any atom is 0.258 e. The zero-order valence-corrected chi connectivity index (χ0v) is 8.20. The van der Waals surface area contributed by atoms with Crippen LogP contribution in [0.3, 0.4) is 0 Å². The van der Waals surface area contributed by atoms with Gasteiger partial charge in [-0.15, -0.1) is 0 Å². The molecule has 0 aliphatic rings. The molecular formula is C6H3Cl3N2O. The molecule has 0 aliphatic carbocycles. The van der Waals surface area contributed by atoms with E-state index in [1.165, 1.54) is 0 Å². The molecule has 0 unspecified atom stereocenters.